The van der Waals surface area contributed by atoms with E-state index in [0.717, 1.165) is 18.5 Å². The Labute approximate surface area is 111 Å². The van der Waals surface area contributed by atoms with Gasteiger partial charge in [-0.1, -0.05) is 0 Å². The highest BCUT2D eigenvalue weighted by atomic mass is 16.5. The van der Waals surface area contributed by atoms with Crippen LogP contribution in [-0.4, -0.2) is 34.7 Å². The van der Waals surface area contributed by atoms with Gasteiger partial charge in [-0.05, 0) is 32.8 Å². The molecule has 1 aromatic rings. The second kappa shape index (κ2) is 5.86. The third-order valence-electron chi connectivity index (χ3n) is 2.83. The van der Waals surface area contributed by atoms with Gasteiger partial charge in [-0.3, -0.25) is 14.7 Å². The molecule has 0 bridgehead atoms. The van der Waals surface area contributed by atoms with Gasteiger partial charge in [0, 0.05) is 18.2 Å². The van der Waals surface area contributed by atoms with Crippen molar-refractivity contribution in [3.8, 4) is 0 Å². The largest absolute Gasteiger partial charge is 0.463 e. The topological polar surface area (TPSA) is 84.1 Å². The van der Waals surface area contributed by atoms with Crippen molar-refractivity contribution >= 4 is 11.9 Å². The Morgan fingerprint density at radius 3 is 2.89 bits per heavy atom. The van der Waals surface area contributed by atoms with Gasteiger partial charge >= 0.3 is 5.97 Å². The van der Waals surface area contributed by atoms with Gasteiger partial charge in [-0.15, -0.1) is 0 Å². The van der Waals surface area contributed by atoms with E-state index in [2.05, 4.69) is 15.5 Å². The summed E-state index contributed by atoms with van der Waals surface area (Å²) in [5, 5.41) is 9.50. The van der Waals surface area contributed by atoms with E-state index in [4.69, 9.17) is 4.74 Å². The van der Waals surface area contributed by atoms with E-state index in [1.807, 2.05) is 0 Å². The van der Waals surface area contributed by atoms with Crippen molar-refractivity contribution in [2.24, 2.45) is 0 Å². The van der Waals surface area contributed by atoms with Gasteiger partial charge in [-0.2, -0.15) is 5.10 Å². The number of aromatic nitrogens is 2. The van der Waals surface area contributed by atoms with Crippen LogP contribution in [0.5, 0.6) is 0 Å². The summed E-state index contributed by atoms with van der Waals surface area (Å²) in [5.41, 5.74) is 1.39. The standard InChI is InChI=1S/C13H19N3O3/c1-8(2)19-12(17)5-6-14-13(18)11-7-10(15-16-11)9-3-4-9/h7-9H,3-6H2,1-2H3,(H,14,18)(H,15,16). The van der Waals surface area contributed by atoms with Crippen molar-refractivity contribution in [2.75, 3.05) is 6.54 Å². The molecule has 0 saturated heterocycles. The predicted octanol–water partition coefficient (Wildman–Crippen LogP) is 1.36. The lowest BCUT2D eigenvalue weighted by Gasteiger charge is -2.07. The molecule has 6 nitrogen and oxygen atoms in total. The van der Waals surface area contributed by atoms with Crippen LogP contribution < -0.4 is 5.32 Å². The summed E-state index contributed by atoms with van der Waals surface area (Å²) in [5.74, 6) is -0.0356. The normalized spacial score (nSPS) is 14.5. The molecular formula is C13H19N3O3. The molecule has 0 atom stereocenters. The third kappa shape index (κ3) is 4.08. The van der Waals surface area contributed by atoms with E-state index in [0.29, 0.717) is 11.6 Å². The maximum atomic E-state index is 11.8. The fraction of sp³-hybridized carbons (Fsp3) is 0.615. The van der Waals surface area contributed by atoms with Gasteiger partial charge in [0.1, 0.15) is 5.69 Å². The Balaban J connectivity index is 1.72. The third-order valence-corrected chi connectivity index (χ3v) is 2.83. The van der Waals surface area contributed by atoms with E-state index >= 15 is 0 Å². The van der Waals surface area contributed by atoms with Gasteiger partial charge in [0.15, 0.2) is 0 Å². The van der Waals surface area contributed by atoms with Crippen LogP contribution in [0.25, 0.3) is 0 Å². The number of esters is 1. The van der Waals surface area contributed by atoms with Gasteiger partial charge < -0.3 is 10.1 Å². The molecule has 0 spiro atoms. The number of carbonyl (C=O) groups is 2. The van der Waals surface area contributed by atoms with Crippen molar-refractivity contribution in [2.45, 2.75) is 45.1 Å². The monoisotopic (exact) mass is 265 g/mol. The molecule has 1 heterocycles. The SMILES string of the molecule is CC(C)OC(=O)CCNC(=O)c1cc(C2CC2)[nH]n1. The van der Waals surface area contributed by atoms with Crippen LogP contribution in [0.3, 0.4) is 0 Å². The van der Waals surface area contributed by atoms with Crippen LogP contribution in [0.2, 0.25) is 0 Å². The molecule has 104 valence electrons. The van der Waals surface area contributed by atoms with Crippen molar-refractivity contribution in [1.29, 1.82) is 0 Å². The summed E-state index contributed by atoms with van der Waals surface area (Å²) in [6.45, 7) is 3.84. The minimum atomic E-state index is -0.309. The Morgan fingerprint density at radius 1 is 1.53 bits per heavy atom. The van der Waals surface area contributed by atoms with Gasteiger partial charge in [0.25, 0.3) is 5.91 Å². The van der Waals surface area contributed by atoms with E-state index in [1.165, 1.54) is 0 Å². The number of rotatable bonds is 6. The number of carbonyl (C=O) groups excluding carboxylic acids is 2. The van der Waals surface area contributed by atoms with Crippen molar-refractivity contribution < 1.29 is 14.3 Å². The number of ether oxygens (including phenoxy) is 1. The van der Waals surface area contributed by atoms with E-state index in [-0.39, 0.29) is 30.9 Å². The highest BCUT2D eigenvalue weighted by Crippen LogP contribution is 2.38. The summed E-state index contributed by atoms with van der Waals surface area (Å²) >= 11 is 0. The summed E-state index contributed by atoms with van der Waals surface area (Å²) in [6, 6.07) is 1.78. The smallest absolute Gasteiger partial charge is 0.307 e. The molecule has 0 aliphatic heterocycles. The van der Waals surface area contributed by atoms with Crippen molar-refractivity contribution in [3.05, 3.63) is 17.5 Å². The molecule has 1 fully saturated rings. The average molecular weight is 265 g/mol. The quantitative estimate of drug-likeness (QED) is 0.761. The number of nitrogens with zero attached hydrogens (tertiary/aromatic N) is 1. The zero-order chi connectivity index (χ0) is 13.8. The molecule has 0 unspecified atom stereocenters. The molecule has 6 heteroatoms. The molecule has 1 aromatic heterocycles. The highest BCUT2D eigenvalue weighted by Gasteiger charge is 2.26. The number of amides is 1. The number of hydrogen-bond donors (Lipinski definition) is 2. The van der Waals surface area contributed by atoms with Gasteiger partial charge in [-0.25, -0.2) is 0 Å². The first kappa shape index (κ1) is 13.6. The maximum absolute atomic E-state index is 11.8. The lowest BCUT2D eigenvalue weighted by atomic mass is 10.2. The van der Waals surface area contributed by atoms with Crippen molar-refractivity contribution in [3.63, 3.8) is 0 Å². The molecular weight excluding hydrogens is 246 g/mol. The number of H-pyrrole nitrogens is 1. The van der Waals surface area contributed by atoms with Crippen LogP contribution >= 0.6 is 0 Å². The molecule has 1 amide bonds. The molecule has 1 aliphatic rings. The molecule has 1 saturated carbocycles. The summed E-state index contributed by atoms with van der Waals surface area (Å²) < 4.78 is 4.97. The van der Waals surface area contributed by atoms with E-state index < -0.39 is 0 Å². The highest BCUT2D eigenvalue weighted by molar-refractivity contribution is 5.92. The molecule has 19 heavy (non-hydrogen) atoms. The van der Waals surface area contributed by atoms with Crippen molar-refractivity contribution in [1.82, 2.24) is 15.5 Å². The second-order valence-corrected chi connectivity index (χ2v) is 5.03. The van der Waals surface area contributed by atoms with Crippen LogP contribution in [0, 0.1) is 0 Å². The average Bonchev–Trinajstić information content (AvgIpc) is 3.06. The second-order valence-electron chi connectivity index (χ2n) is 5.03. The lowest BCUT2D eigenvalue weighted by molar-refractivity contribution is -0.147. The fourth-order valence-corrected chi connectivity index (χ4v) is 1.75. The predicted molar refractivity (Wildman–Crippen MR) is 68.7 cm³/mol. The first-order valence-corrected chi connectivity index (χ1v) is 6.59. The Morgan fingerprint density at radius 2 is 2.26 bits per heavy atom. The number of aromatic amines is 1. The number of hydrogen-bond acceptors (Lipinski definition) is 4. The summed E-state index contributed by atoms with van der Waals surface area (Å²) in [4.78, 5) is 23.0. The first-order chi connectivity index (χ1) is 9.06. The first-order valence-electron chi connectivity index (χ1n) is 6.59. The van der Waals surface area contributed by atoms with Crippen LogP contribution in [0.15, 0.2) is 6.07 Å². The van der Waals surface area contributed by atoms with Gasteiger partial charge in [0.05, 0.1) is 12.5 Å². The maximum Gasteiger partial charge on any atom is 0.307 e. The Hall–Kier alpha value is -1.85. The summed E-state index contributed by atoms with van der Waals surface area (Å²) in [6.07, 6.45) is 2.36. The minimum absolute atomic E-state index is 0.129. The Kier molecular flexibility index (Phi) is 4.19. The fourth-order valence-electron chi connectivity index (χ4n) is 1.75. The molecule has 2 rings (SSSR count). The van der Waals surface area contributed by atoms with Crippen LogP contribution in [-0.2, 0) is 9.53 Å². The zero-order valence-corrected chi connectivity index (χ0v) is 11.2. The molecule has 0 radical (unpaired) electrons. The molecule has 1 aliphatic carbocycles. The van der Waals surface area contributed by atoms with E-state index in [9.17, 15) is 9.59 Å². The molecule has 0 aromatic carbocycles. The Bertz CT molecular complexity index is 463. The lowest BCUT2D eigenvalue weighted by Crippen LogP contribution is -2.27. The van der Waals surface area contributed by atoms with Crippen LogP contribution in [0.4, 0.5) is 0 Å². The molecule has 2 N–H and O–H groups in total. The number of nitrogens with one attached hydrogen (secondary N) is 2. The minimum Gasteiger partial charge on any atom is -0.463 e. The summed E-state index contributed by atoms with van der Waals surface area (Å²) in [7, 11) is 0. The van der Waals surface area contributed by atoms with E-state index in [1.54, 1.807) is 19.9 Å². The van der Waals surface area contributed by atoms with Gasteiger partial charge in [0.2, 0.25) is 0 Å². The zero-order valence-electron chi connectivity index (χ0n) is 11.2. The van der Waals surface area contributed by atoms with Crippen LogP contribution in [0.1, 0.15) is 55.2 Å².